The lowest BCUT2D eigenvalue weighted by Crippen LogP contribution is -2.13. The highest BCUT2D eigenvalue weighted by Gasteiger charge is 2.13. The van der Waals surface area contributed by atoms with Gasteiger partial charge in [0.25, 0.3) is 0 Å². The number of amides is 1. The van der Waals surface area contributed by atoms with Gasteiger partial charge in [0, 0.05) is 11.1 Å². The predicted octanol–water partition coefficient (Wildman–Crippen LogP) is 5.32. The summed E-state index contributed by atoms with van der Waals surface area (Å²) in [5.41, 5.74) is 4.35. The highest BCUT2D eigenvalue weighted by atomic mass is 16.6. The van der Waals surface area contributed by atoms with Crippen molar-refractivity contribution in [2.75, 3.05) is 19.0 Å². The predicted molar refractivity (Wildman–Crippen MR) is 116 cm³/mol. The molecule has 0 aliphatic rings. The number of rotatable bonds is 9. The standard InChI is InChI=1S/C23H28N2O4/c1-6-13-29-25-22(16(2)3)18-11-12-21(17(4)14-18)28-15-19-9-7-8-10-20(19)24-23(26)27-5/h6-12,14,16H,1,13,15H2,2-5H3,(H,24,26). The minimum atomic E-state index is -0.517. The summed E-state index contributed by atoms with van der Waals surface area (Å²) < 4.78 is 10.7. The van der Waals surface area contributed by atoms with Crippen LogP contribution in [0.2, 0.25) is 0 Å². The molecule has 0 saturated heterocycles. The summed E-state index contributed by atoms with van der Waals surface area (Å²) >= 11 is 0. The van der Waals surface area contributed by atoms with E-state index in [1.165, 1.54) is 7.11 Å². The SMILES string of the molecule is C=CCON=C(c1ccc(OCc2ccccc2NC(=O)OC)c(C)c1)C(C)C. The Morgan fingerprint density at radius 1 is 1.24 bits per heavy atom. The number of aryl methyl sites for hydroxylation is 1. The van der Waals surface area contributed by atoms with Gasteiger partial charge in [-0.15, -0.1) is 0 Å². The van der Waals surface area contributed by atoms with Gasteiger partial charge in [0.1, 0.15) is 19.0 Å². The molecule has 1 N–H and O–H groups in total. The van der Waals surface area contributed by atoms with Crippen molar-refractivity contribution < 1.29 is 19.1 Å². The number of nitrogens with one attached hydrogen (secondary N) is 1. The van der Waals surface area contributed by atoms with Gasteiger partial charge in [-0.25, -0.2) is 4.79 Å². The number of anilines is 1. The van der Waals surface area contributed by atoms with Crippen molar-refractivity contribution in [3.63, 3.8) is 0 Å². The number of nitrogens with zero attached hydrogens (tertiary/aromatic N) is 1. The van der Waals surface area contributed by atoms with Gasteiger partial charge in [0.05, 0.1) is 18.5 Å². The number of hydrogen-bond acceptors (Lipinski definition) is 5. The number of hydrogen-bond donors (Lipinski definition) is 1. The Hall–Kier alpha value is -3.28. The highest BCUT2D eigenvalue weighted by Crippen LogP contribution is 2.24. The number of oxime groups is 1. The summed E-state index contributed by atoms with van der Waals surface area (Å²) in [4.78, 5) is 16.8. The third kappa shape index (κ3) is 6.38. The molecule has 0 aromatic heterocycles. The number of benzene rings is 2. The fraction of sp³-hybridized carbons (Fsp3) is 0.304. The lowest BCUT2D eigenvalue weighted by molar-refractivity contribution is 0.173. The van der Waals surface area contributed by atoms with E-state index < -0.39 is 6.09 Å². The molecule has 6 heteroatoms. The van der Waals surface area contributed by atoms with E-state index in [0.717, 1.165) is 28.2 Å². The van der Waals surface area contributed by atoms with Crippen LogP contribution in [-0.2, 0) is 16.2 Å². The minimum Gasteiger partial charge on any atom is -0.489 e. The van der Waals surface area contributed by atoms with Crippen LogP contribution in [0.1, 0.15) is 30.5 Å². The summed E-state index contributed by atoms with van der Waals surface area (Å²) in [6.07, 6.45) is 1.15. The van der Waals surface area contributed by atoms with Crippen LogP contribution >= 0.6 is 0 Å². The lowest BCUT2D eigenvalue weighted by atomic mass is 9.98. The first-order valence-electron chi connectivity index (χ1n) is 9.43. The van der Waals surface area contributed by atoms with Gasteiger partial charge < -0.3 is 14.3 Å². The van der Waals surface area contributed by atoms with Crippen molar-refractivity contribution >= 4 is 17.5 Å². The number of carbonyl (C=O) groups is 1. The van der Waals surface area contributed by atoms with Crippen LogP contribution in [0.15, 0.2) is 60.3 Å². The number of methoxy groups -OCH3 is 1. The van der Waals surface area contributed by atoms with Crippen molar-refractivity contribution in [1.82, 2.24) is 0 Å². The van der Waals surface area contributed by atoms with Crippen LogP contribution < -0.4 is 10.1 Å². The quantitative estimate of drug-likeness (QED) is 0.270. The molecule has 0 aliphatic heterocycles. The van der Waals surface area contributed by atoms with E-state index in [0.29, 0.717) is 18.9 Å². The van der Waals surface area contributed by atoms with Crippen LogP contribution in [0, 0.1) is 12.8 Å². The van der Waals surface area contributed by atoms with Crippen molar-refractivity contribution in [2.24, 2.45) is 11.1 Å². The Labute approximate surface area is 172 Å². The summed E-state index contributed by atoms with van der Waals surface area (Å²) in [5, 5.41) is 6.94. The zero-order chi connectivity index (χ0) is 21.2. The summed E-state index contributed by atoms with van der Waals surface area (Å²) in [6.45, 7) is 10.4. The minimum absolute atomic E-state index is 0.210. The first-order valence-corrected chi connectivity index (χ1v) is 9.43. The monoisotopic (exact) mass is 396 g/mol. The Morgan fingerprint density at radius 3 is 2.66 bits per heavy atom. The molecule has 6 nitrogen and oxygen atoms in total. The van der Waals surface area contributed by atoms with E-state index in [9.17, 15) is 4.79 Å². The summed E-state index contributed by atoms with van der Waals surface area (Å²) in [5.74, 6) is 0.971. The van der Waals surface area contributed by atoms with Gasteiger partial charge in [-0.05, 0) is 42.7 Å². The van der Waals surface area contributed by atoms with Crippen LogP contribution in [0.25, 0.3) is 0 Å². The number of para-hydroxylation sites is 1. The van der Waals surface area contributed by atoms with Gasteiger partial charge in [-0.2, -0.15) is 0 Å². The summed E-state index contributed by atoms with van der Waals surface area (Å²) in [7, 11) is 1.33. The molecule has 2 rings (SSSR count). The van der Waals surface area contributed by atoms with E-state index in [-0.39, 0.29) is 5.92 Å². The van der Waals surface area contributed by atoms with Crippen molar-refractivity contribution in [3.8, 4) is 5.75 Å². The van der Waals surface area contributed by atoms with Crippen LogP contribution in [-0.4, -0.2) is 25.5 Å². The van der Waals surface area contributed by atoms with Crippen LogP contribution in [0.3, 0.4) is 0 Å². The van der Waals surface area contributed by atoms with Gasteiger partial charge in [-0.1, -0.05) is 49.9 Å². The van der Waals surface area contributed by atoms with Crippen LogP contribution in [0.4, 0.5) is 10.5 Å². The maximum absolute atomic E-state index is 11.5. The second-order valence-electron chi connectivity index (χ2n) is 6.76. The molecular formula is C23H28N2O4. The fourth-order valence-electron chi connectivity index (χ4n) is 2.71. The average molecular weight is 396 g/mol. The first-order chi connectivity index (χ1) is 14.0. The zero-order valence-electron chi connectivity index (χ0n) is 17.4. The molecule has 0 atom stereocenters. The highest BCUT2D eigenvalue weighted by molar-refractivity contribution is 6.01. The normalized spacial score (nSPS) is 11.1. The van der Waals surface area contributed by atoms with Gasteiger partial charge >= 0.3 is 6.09 Å². The molecule has 0 heterocycles. The molecular weight excluding hydrogens is 368 g/mol. The average Bonchev–Trinajstić information content (AvgIpc) is 2.71. The number of carbonyl (C=O) groups excluding carboxylic acids is 1. The first kappa shape index (κ1) is 22.0. The third-order valence-corrected chi connectivity index (χ3v) is 4.20. The van der Waals surface area contributed by atoms with Crippen LogP contribution in [0.5, 0.6) is 5.75 Å². The fourth-order valence-corrected chi connectivity index (χ4v) is 2.71. The largest absolute Gasteiger partial charge is 0.489 e. The second-order valence-corrected chi connectivity index (χ2v) is 6.76. The third-order valence-electron chi connectivity index (χ3n) is 4.20. The van der Waals surface area contributed by atoms with E-state index in [2.05, 4.69) is 35.6 Å². The molecule has 0 bridgehead atoms. The molecule has 0 fully saturated rings. The Kier molecular flexibility index (Phi) is 8.27. The Morgan fingerprint density at radius 2 is 2.00 bits per heavy atom. The van der Waals surface area contributed by atoms with E-state index in [4.69, 9.17) is 9.57 Å². The van der Waals surface area contributed by atoms with E-state index >= 15 is 0 Å². The molecule has 29 heavy (non-hydrogen) atoms. The van der Waals surface area contributed by atoms with Crippen molar-refractivity contribution in [2.45, 2.75) is 27.4 Å². The maximum Gasteiger partial charge on any atom is 0.411 e. The topological polar surface area (TPSA) is 69.2 Å². The summed E-state index contributed by atoms with van der Waals surface area (Å²) in [6, 6.07) is 13.4. The molecule has 1 amide bonds. The molecule has 0 spiro atoms. The Balaban J connectivity index is 2.15. The molecule has 2 aromatic rings. The number of ether oxygens (including phenoxy) is 2. The van der Waals surface area contributed by atoms with E-state index in [1.807, 2.05) is 43.3 Å². The van der Waals surface area contributed by atoms with Crippen molar-refractivity contribution in [3.05, 3.63) is 71.8 Å². The molecule has 154 valence electrons. The maximum atomic E-state index is 11.5. The molecule has 0 aliphatic carbocycles. The van der Waals surface area contributed by atoms with E-state index in [1.54, 1.807) is 12.1 Å². The molecule has 2 aromatic carbocycles. The van der Waals surface area contributed by atoms with Crippen molar-refractivity contribution in [1.29, 1.82) is 0 Å². The molecule has 0 radical (unpaired) electrons. The second kappa shape index (κ2) is 10.9. The smallest absolute Gasteiger partial charge is 0.411 e. The zero-order valence-corrected chi connectivity index (χ0v) is 17.4. The van der Waals surface area contributed by atoms with Gasteiger partial charge in [0.15, 0.2) is 0 Å². The lowest BCUT2D eigenvalue weighted by Gasteiger charge is -2.15. The van der Waals surface area contributed by atoms with Gasteiger partial charge in [0.2, 0.25) is 0 Å². The molecule has 0 saturated carbocycles. The Bertz CT molecular complexity index is 875. The molecule has 0 unspecified atom stereocenters. The van der Waals surface area contributed by atoms with Gasteiger partial charge in [-0.3, -0.25) is 5.32 Å².